The van der Waals surface area contributed by atoms with Crippen LogP contribution in [0.25, 0.3) is 0 Å². The van der Waals surface area contributed by atoms with Crippen molar-refractivity contribution in [3.63, 3.8) is 0 Å². The summed E-state index contributed by atoms with van der Waals surface area (Å²) in [4.78, 5) is 14.1. The molecule has 1 aromatic heterocycles. The Bertz CT molecular complexity index is 1000. The highest BCUT2D eigenvalue weighted by atomic mass is 16.5. The number of amides is 1. The molecule has 0 radical (unpaired) electrons. The van der Waals surface area contributed by atoms with Crippen LogP contribution in [0.2, 0.25) is 0 Å². The Morgan fingerprint density at radius 2 is 1.76 bits per heavy atom. The lowest BCUT2D eigenvalue weighted by Gasteiger charge is -2.39. The molecule has 0 bridgehead atoms. The molecule has 2 N–H and O–H groups in total. The zero-order valence-electron chi connectivity index (χ0n) is 15.8. The second kappa shape index (κ2) is 8.02. The molecular weight excluding hydrogens is 368 g/mol. The van der Waals surface area contributed by atoms with E-state index < -0.39 is 6.17 Å². The van der Waals surface area contributed by atoms with Crippen LogP contribution >= 0.6 is 0 Å². The monoisotopic (exact) mass is 388 g/mol. The van der Waals surface area contributed by atoms with E-state index in [1.54, 1.807) is 37.7 Å². The number of carbonyl (C=O) groups is 1. The number of benzene rings is 2. The minimum absolute atomic E-state index is 0.190. The minimum atomic E-state index is -0.498. The van der Waals surface area contributed by atoms with Crippen molar-refractivity contribution < 1.29 is 14.6 Å². The lowest BCUT2D eigenvalue weighted by Crippen LogP contribution is -2.44. The molecule has 0 saturated carbocycles. The maximum atomic E-state index is 12.1. The van der Waals surface area contributed by atoms with Crippen molar-refractivity contribution in [2.75, 3.05) is 7.11 Å². The van der Waals surface area contributed by atoms with Crippen LogP contribution in [0.1, 0.15) is 29.0 Å². The molecule has 0 aliphatic carbocycles. The van der Waals surface area contributed by atoms with Gasteiger partial charge in [-0.05, 0) is 47.5 Å². The number of hydrogen-bond acceptors (Lipinski definition) is 6. The Hall–Kier alpha value is -3.87. The average molecular weight is 388 g/mol. The van der Waals surface area contributed by atoms with Gasteiger partial charge in [-0.2, -0.15) is 10.2 Å². The molecule has 2 atom stereocenters. The maximum absolute atomic E-state index is 12.1. The van der Waals surface area contributed by atoms with Crippen molar-refractivity contribution in [1.82, 2.24) is 20.4 Å². The van der Waals surface area contributed by atoms with Gasteiger partial charge in [0.15, 0.2) is 0 Å². The van der Waals surface area contributed by atoms with E-state index in [2.05, 4.69) is 15.5 Å². The average Bonchev–Trinajstić information content (AvgIpc) is 2.77. The highest BCUT2D eigenvalue weighted by Gasteiger charge is 2.32. The number of carbonyl (C=O) groups excluding carboxylic acids is 1. The molecule has 4 rings (SSSR count). The van der Waals surface area contributed by atoms with Gasteiger partial charge in [0.1, 0.15) is 23.4 Å². The van der Waals surface area contributed by atoms with Crippen LogP contribution in [0.15, 0.2) is 79.1 Å². The zero-order valence-corrected chi connectivity index (χ0v) is 15.8. The highest BCUT2D eigenvalue weighted by Crippen LogP contribution is 2.36. The third kappa shape index (κ3) is 3.89. The Morgan fingerprint density at radius 1 is 1.07 bits per heavy atom. The summed E-state index contributed by atoms with van der Waals surface area (Å²) >= 11 is 0. The summed E-state index contributed by atoms with van der Waals surface area (Å²) in [6.45, 7) is 0. The number of rotatable bonds is 5. The lowest BCUT2D eigenvalue weighted by atomic mass is 9.95. The molecule has 0 spiro atoms. The number of aromatic nitrogens is 2. The molecule has 1 aliphatic heterocycles. The molecule has 3 aromatic rings. The number of nitrogens with zero attached hydrogens (tertiary/aromatic N) is 3. The van der Waals surface area contributed by atoms with E-state index in [1.807, 2.05) is 47.4 Å². The van der Waals surface area contributed by atoms with Gasteiger partial charge in [0.2, 0.25) is 5.91 Å². The van der Waals surface area contributed by atoms with E-state index >= 15 is 0 Å². The van der Waals surface area contributed by atoms with Crippen LogP contribution in [-0.2, 0) is 4.79 Å². The van der Waals surface area contributed by atoms with E-state index in [0.717, 1.165) is 16.9 Å². The molecule has 0 fully saturated rings. The standard InChI is InChI=1S/C22H20N4O3/c1-29-18-10-6-16(7-11-18)21(15-4-8-17(27)9-5-15)26-14-12-20(28)24-22(26)19-3-2-13-23-25-19/h2-14,21-22,27H,1H3,(H,24,28)/t21-,22?/m1/s1. The third-order valence-corrected chi connectivity index (χ3v) is 4.79. The first kappa shape index (κ1) is 18.5. The molecule has 29 heavy (non-hydrogen) atoms. The lowest BCUT2D eigenvalue weighted by molar-refractivity contribution is -0.119. The smallest absolute Gasteiger partial charge is 0.247 e. The van der Waals surface area contributed by atoms with E-state index in [4.69, 9.17) is 4.74 Å². The van der Waals surface area contributed by atoms with Crippen molar-refractivity contribution in [3.8, 4) is 11.5 Å². The first-order chi connectivity index (χ1) is 14.2. The van der Waals surface area contributed by atoms with Gasteiger partial charge in [-0.15, -0.1) is 0 Å². The second-order valence-electron chi connectivity index (χ2n) is 6.59. The Labute approximate surface area is 168 Å². The van der Waals surface area contributed by atoms with E-state index in [0.29, 0.717) is 5.69 Å². The predicted molar refractivity (Wildman–Crippen MR) is 107 cm³/mol. The zero-order chi connectivity index (χ0) is 20.2. The summed E-state index contributed by atoms with van der Waals surface area (Å²) in [5.41, 5.74) is 2.57. The number of phenols is 1. The Balaban J connectivity index is 1.82. The fourth-order valence-electron chi connectivity index (χ4n) is 3.40. The van der Waals surface area contributed by atoms with Crippen LogP contribution < -0.4 is 10.1 Å². The molecule has 0 saturated heterocycles. The minimum Gasteiger partial charge on any atom is -0.508 e. The number of aromatic hydroxyl groups is 1. The van der Waals surface area contributed by atoms with Gasteiger partial charge >= 0.3 is 0 Å². The molecule has 146 valence electrons. The van der Waals surface area contributed by atoms with Crippen LogP contribution in [0.3, 0.4) is 0 Å². The van der Waals surface area contributed by atoms with Crippen molar-refractivity contribution in [2.24, 2.45) is 0 Å². The Kier molecular flexibility index (Phi) is 5.11. The first-order valence-electron chi connectivity index (χ1n) is 9.12. The fraction of sp³-hybridized carbons (Fsp3) is 0.136. The van der Waals surface area contributed by atoms with Crippen LogP contribution in [0.5, 0.6) is 11.5 Å². The maximum Gasteiger partial charge on any atom is 0.247 e. The summed E-state index contributed by atoms with van der Waals surface area (Å²) in [6, 6.07) is 18.1. The van der Waals surface area contributed by atoms with Crippen molar-refractivity contribution >= 4 is 5.91 Å². The van der Waals surface area contributed by atoms with E-state index in [9.17, 15) is 9.90 Å². The van der Waals surface area contributed by atoms with Crippen LogP contribution in [0.4, 0.5) is 0 Å². The van der Waals surface area contributed by atoms with Crippen LogP contribution in [-0.4, -0.2) is 33.2 Å². The van der Waals surface area contributed by atoms with Crippen molar-refractivity contribution in [2.45, 2.75) is 12.2 Å². The third-order valence-electron chi connectivity index (χ3n) is 4.79. The summed E-state index contributed by atoms with van der Waals surface area (Å²) in [5, 5.41) is 20.8. The van der Waals surface area contributed by atoms with Gasteiger partial charge in [0, 0.05) is 18.5 Å². The molecule has 2 heterocycles. The molecule has 7 nitrogen and oxygen atoms in total. The molecule has 1 aliphatic rings. The number of ether oxygens (including phenoxy) is 1. The summed E-state index contributed by atoms with van der Waals surface area (Å²) < 4.78 is 5.28. The molecular formula is C22H20N4O3. The van der Waals surface area contributed by atoms with Gasteiger partial charge in [-0.3, -0.25) is 4.79 Å². The summed E-state index contributed by atoms with van der Waals surface area (Å²) in [7, 11) is 1.62. The largest absolute Gasteiger partial charge is 0.508 e. The molecule has 1 amide bonds. The molecule has 7 heteroatoms. The van der Waals surface area contributed by atoms with Gasteiger partial charge < -0.3 is 20.1 Å². The van der Waals surface area contributed by atoms with Gasteiger partial charge in [0.05, 0.1) is 13.2 Å². The number of methoxy groups -OCH3 is 1. The number of phenolic OH excluding ortho intramolecular Hbond substituents is 1. The molecule has 2 aromatic carbocycles. The highest BCUT2D eigenvalue weighted by molar-refractivity contribution is 5.88. The van der Waals surface area contributed by atoms with Gasteiger partial charge in [-0.1, -0.05) is 24.3 Å². The second-order valence-corrected chi connectivity index (χ2v) is 6.59. The SMILES string of the molecule is COc1ccc([C@@H](c2ccc(O)cc2)N2C=CC(=O)NC2c2cccnn2)cc1. The quantitative estimate of drug-likeness (QED) is 0.699. The summed E-state index contributed by atoms with van der Waals surface area (Å²) in [6.07, 6.45) is 4.35. The molecule has 1 unspecified atom stereocenters. The van der Waals surface area contributed by atoms with Crippen molar-refractivity contribution in [1.29, 1.82) is 0 Å². The first-order valence-corrected chi connectivity index (χ1v) is 9.12. The number of hydrogen-bond donors (Lipinski definition) is 2. The fourth-order valence-corrected chi connectivity index (χ4v) is 3.40. The van der Waals surface area contributed by atoms with E-state index in [-0.39, 0.29) is 17.7 Å². The van der Waals surface area contributed by atoms with Gasteiger partial charge in [0.25, 0.3) is 0 Å². The predicted octanol–water partition coefficient (Wildman–Crippen LogP) is 2.92. The Morgan fingerprint density at radius 3 is 2.38 bits per heavy atom. The topological polar surface area (TPSA) is 87.6 Å². The summed E-state index contributed by atoms with van der Waals surface area (Å²) in [5.74, 6) is 0.748. The van der Waals surface area contributed by atoms with Crippen molar-refractivity contribution in [3.05, 3.63) is 96.0 Å². The van der Waals surface area contributed by atoms with E-state index in [1.165, 1.54) is 6.08 Å². The van der Waals surface area contributed by atoms with Gasteiger partial charge in [-0.25, -0.2) is 0 Å². The number of nitrogens with one attached hydrogen (secondary N) is 1. The van der Waals surface area contributed by atoms with Crippen LogP contribution in [0, 0.1) is 0 Å². The normalized spacial score (nSPS) is 16.9.